The first kappa shape index (κ1) is 8.75. The van der Waals surface area contributed by atoms with Gasteiger partial charge in [0.1, 0.15) is 5.65 Å². The van der Waals surface area contributed by atoms with E-state index < -0.39 is 0 Å². The Morgan fingerprint density at radius 2 is 2.38 bits per heavy atom. The van der Waals surface area contributed by atoms with Gasteiger partial charge in [0.15, 0.2) is 0 Å². The summed E-state index contributed by atoms with van der Waals surface area (Å²) in [6.45, 7) is 2.03. The number of rotatable bonds is 2. The Balaban J connectivity index is 2.64. The first-order valence-electron chi connectivity index (χ1n) is 4.16. The third kappa shape index (κ3) is 1.48. The summed E-state index contributed by atoms with van der Waals surface area (Å²) in [6, 6.07) is 6.03. The van der Waals surface area contributed by atoms with Gasteiger partial charge in [-0.3, -0.25) is 0 Å². The minimum atomic E-state index is 0.858. The molecule has 0 aliphatic heterocycles. The van der Waals surface area contributed by atoms with Gasteiger partial charge in [0.2, 0.25) is 0 Å². The van der Waals surface area contributed by atoms with Gasteiger partial charge in [-0.2, -0.15) is 0 Å². The fraction of sp³-hybridized carbons (Fsp3) is 0.200. The van der Waals surface area contributed by atoms with Gasteiger partial charge in [0, 0.05) is 23.6 Å². The highest BCUT2D eigenvalue weighted by Gasteiger charge is 2.06. The minimum absolute atomic E-state index is 0.858. The van der Waals surface area contributed by atoms with Crippen molar-refractivity contribution in [1.82, 2.24) is 9.38 Å². The molecule has 0 spiro atoms. The van der Waals surface area contributed by atoms with Gasteiger partial charge in [0.05, 0.1) is 5.69 Å². The molecule has 0 aliphatic rings. The molecule has 0 aliphatic carbocycles. The molecule has 2 nitrogen and oxygen atoms in total. The number of aryl methyl sites for hydroxylation is 1. The van der Waals surface area contributed by atoms with E-state index in [0.29, 0.717) is 0 Å². The fourth-order valence-electron chi connectivity index (χ4n) is 1.45. The van der Waals surface area contributed by atoms with Crippen molar-refractivity contribution < 1.29 is 0 Å². The molecule has 2 heterocycles. The summed E-state index contributed by atoms with van der Waals surface area (Å²) in [6.07, 6.45) is 4.15. The van der Waals surface area contributed by atoms with Crippen molar-refractivity contribution in [2.24, 2.45) is 0 Å². The number of hydrogen-bond donors (Lipinski definition) is 0. The van der Waals surface area contributed by atoms with Gasteiger partial charge in [-0.05, 0) is 19.1 Å². The summed E-state index contributed by atoms with van der Waals surface area (Å²) < 4.78 is 2.09. The van der Waals surface area contributed by atoms with Gasteiger partial charge in [-0.1, -0.05) is 22.0 Å². The molecule has 0 saturated carbocycles. The van der Waals surface area contributed by atoms with Crippen LogP contribution in [0.3, 0.4) is 0 Å². The summed E-state index contributed by atoms with van der Waals surface area (Å²) >= 11 is 3.39. The first-order chi connectivity index (χ1) is 6.33. The van der Waals surface area contributed by atoms with E-state index in [1.807, 2.05) is 31.3 Å². The van der Waals surface area contributed by atoms with E-state index in [2.05, 4.69) is 31.7 Å². The van der Waals surface area contributed by atoms with Crippen LogP contribution in [0.1, 0.15) is 11.4 Å². The molecular formula is C10H10BrN2. The lowest BCUT2D eigenvalue weighted by molar-refractivity contribution is 1.11. The normalized spacial score (nSPS) is 10.9. The van der Waals surface area contributed by atoms with Crippen LogP contribution in [-0.2, 0) is 0 Å². The maximum absolute atomic E-state index is 4.44. The molecule has 0 fully saturated rings. The average molecular weight is 238 g/mol. The molecule has 0 saturated heterocycles. The first-order valence-corrected chi connectivity index (χ1v) is 5.28. The minimum Gasteiger partial charge on any atom is -0.303 e. The molecule has 13 heavy (non-hydrogen) atoms. The maximum atomic E-state index is 4.44. The number of pyridine rings is 1. The second kappa shape index (κ2) is 3.50. The number of imidazole rings is 1. The summed E-state index contributed by atoms with van der Waals surface area (Å²) in [4.78, 5) is 4.44. The van der Waals surface area contributed by atoms with E-state index in [0.717, 1.165) is 16.7 Å². The molecule has 0 amide bonds. The molecular weight excluding hydrogens is 228 g/mol. The standard InChI is InChI=1S/C10H10BrN2/c1-8-9(5-6-11)13-7-3-2-4-10(13)12-8/h2-5,7H,6H2,1H3. The molecule has 0 bridgehead atoms. The van der Waals surface area contributed by atoms with Crippen molar-refractivity contribution in [3.8, 4) is 0 Å². The van der Waals surface area contributed by atoms with Crippen molar-refractivity contribution in [3.05, 3.63) is 42.2 Å². The smallest absolute Gasteiger partial charge is 0.137 e. The predicted octanol–water partition coefficient (Wildman–Crippen LogP) is 2.59. The Morgan fingerprint density at radius 1 is 1.54 bits per heavy atom. The lowest BCUT2D eigenvalue weighted by Crippen LogP contribution is -1.92. The number of fused-ring (bicyclic) bond motifs is 1. The largest absolute Gasteiger partial charge is 0.303 e. The number of halogens is 1. The maximum Gasteiger partial charge on any atom is 0.137 e. The number of alkyl halides is 1. The van der Waals surface area contributed by atoms with Gasteiger partial charge >= 0.3 is 0 Å². The van der Waals surface area contributed by atoms with E-state index in [1.165, 1.54) is 5.69 Å². The third-order valence-corrected chi connectivity index (χ3v) is 2.35. The van der Waals surface area contributed by atoms with Crippen molar-refractivity contribution in [2.75, 3.05) is 5.33 Å². The zero-order valence-electron chi connectivity index (χ0n) is 7.37. The Labute approximate surface area is 85.7 Å². The zero-order valence-corrected chi connectivity index (χ0v) is 8.95. The molecule has 3 heteroatoms. The summed E-state index contributed by atoms with van der Waals surface area (Å²) in [5, 5.41) is 0.858. The van der Waals surface area contributed by atoms with E-state index in [-0.39, 0.29) is 0 Å². The fourth-order valence-corrected chi connectivity index (χ4v) is 1.76. The highest BCUT2D eigenvalue weighted by Crippen LogP contribution is 2.13. The van der Waals surface area contributed by atoms with Crippen LogP contribution >= 0.6 is 15.9 Å². The van der Waals surface area contributed by atoms with Gasteiger partial charge < -0.3 is 4.40 Å². The van der Waals surface area contributed by atoms with Gasteiger partial charge in [0.25, 0.3) is 0 Å². The molecule has 2 rings (SSSR count). The van der Waals surface area contributed by atoms with Crippen molar-refractivity contribution >= 4 is 21.6 Å². The van der Waals surface area contributed by atoms with Crippen LogP contribution in [-0.4, -0.2) is 14.7 Å². The van der Waals surface area contributed by atoms with E-state index in [9.17, 15) is 0 Å². The van der Waals surface area contributed by atoms with Crippen molar-refractivity contribution in [3.63, 3.8) is 0 Å². The molecule has 2 aromatic rings. The van der Waals surface area contributed by atoms with Gasteiger partial charge in [-0.25, -0.2) is 4.98 Å². The van der Waals surface area contributed by atoms with Crippen LogP contribution in [0.2, 0.25) is 0 Å². The Kier molecular flexibility index (Phi) is 2.36. The second-order valence-electron chi connectivity index (χ2n) is 2.87. The molecule has 0 N–H and O–H groups in total. The van der Waals surface area contributed by atoms with Crippen LogP contribution in [0.4, 0.5) is 0 Å². The van der Waals surface area contributed by atoms with Crippen LogP contribution in [0, 0.1) is 13.3 Å². The van der Waals surface area contributed by atoms with E-state index in [1.54, 1.807) is 0 Å². The molecule has 2 aromatic heterocycles. The third-order valence-electron chi connectivity index (χ3n) is 2.02. The average Bonchev–Trinajstić information content (AvgIpc) is 2.44. The van der Waals surface area contributed by atoms with Gasteiger partial charge in [-0.15, -0.1) is 0 Å². The number of aromatic nitrogens is 2. The zero-order chi connectivity index (χ0) is 9.26. The van der Waals surface area contributed by atoms with Crippen LogP contribution in [0.15, 0.2) is 24.4 Å². The summed E-state index contributed by atoms with van der Waals surface area (Å²) in [5.41, 5.74) is 3.25. The SMILES string of the molecule is Cc1nc2ccccn2c1[CH]CBr. The van der Waals surface area contributed by atoms with E-state index >= 15 is 0 Å². The van der Waals surface area contributed by atoms with Crippen molar-refractivity contribution in [1.29, 1.82) is 0 Å². The predicted molar refractivity (Wildman–Crippen MR) is 57.1 cm³/mol. The quantitative estimate of drug-likeness (QED) is 0.735. The molecule has 67 valence electrons. The van der Waals surface area contributed by atoms with Crippen LogP contribution in [0.25, 0.3) is 5.65 Å². The number of nitrogens with zero attached hydrogens (tertiary/aromatic N) is 2. The Bertz CT molecular complexity index is 420. The van der Waals surface area contributed by atoms with Crippen molar-refractivity contribution in [2.45, 2.75) is 6.92 Å². The second-order valence-corrected chi connectivity index (χ2v) is 3.52. The van der Waals surface area contributed by atoms with Crippen LogP contribution < -0.4 is 0 Å². The van der Waals surface area contributed by atoms with E-state index in [4.69, 9.17) is 0 Å². The Hall–Kier alpha value is -0.830. The topological polar surface area (TPSA) is 17.3 Å². The lowest BCUT2D eigenvalue weighted by atomic mass is 10.3. The number of hydrogen-bond acceptors (Lipinski definition) is 1. The monoisotopic (exact) mass is 237 g/mol. The molecule has 0 atom stereocenters. The lowest BCUT2D eigenvalue weighted by Gasteiger charge is -1.98. The highest BCUT2D eigenvalue weighted by atomic mass is 79.9. The molecule has 0 aromatic carbocycles. The highest BCUT2D eigenvalue weighted by molar-refractivity contribution is 9.09. The molecule has 1 radical (unpaired) electrons. The summed E-state index contributed by atoms with van der Waals surface area (Å²) in [5.74, 6) is 0. The molecule has 0 unspecified atom stereocenters. The Morgan fingerprint density at radius 3 is 3.15 bits per heavy atom. The summed E-state index contributed by atoms with van der Waals surface area (Å²) in [7, 11) is 0. The van der Waals surface area contributed by atoms with Crippen LogP contribution in [0.5, 0.6) is 0 Å².